The van der Waals surface area contributed by atoms with E-state index in [4.69, 9.17) is 4.42 Å². The number of hydrogen-bond acceptors (Lipinski definition) is 3. The zero-order valence-corrected chi connectivity index (χ0v) is 13.4. The maximum atomic E-state index is 13.5. The molecule has 1 saturated heterocycles. The van der Waals surface area contributed by atoms with E-state index >= 15 is 0 Å². The minimum Gasteiger partial charge on any atom is -0.459 e. The van der Waals surface area contributed by atoms with Crippen LogP contribution in [-0.2, 0) is 4.79 Å². The normalized spacial score (nSPS) is 15.3. The van der Waals surface area contributed by atoms with Crippen molar-refractivity contribution in [3.63, 3.8) is 0 Å². The van der Waals surface area contributed by atoms with Crippen LogP contribution in [-0.4, -0.2) is 29.8 Å². The van der Waals surface area contributed by atoms with Crippen molar-refractivity contribution in [2.75, 3.05) is 18.4 Å². The Hall–Kier alpha value is -2.63. The number of amides is 2. The van der Waals surface area contributed by atoms with Gasteiger partial charge in [0.15, 0.2) is 5.76 Å². The van der Waals surface area contributed by atoms with Crippen LogP contribution in [0.4, 0.5) is 10.1 Å². The molecule has 5 nitrogen and oxygen atoms in total. The lowest BCUT2D eigenvalue weighted by Gasteiger charge is -2.30. The lowest BCUT2D eigenvalue weighted by atomic mass is 9.95. The van der Waals surface area contributed by atoms with Crippen LogP contribution >= 0.6 is 0 Å². The predicted molar refractivity (Wildman–Crippen MR) is 87.1 cm³/mol. The summed E-state index contributed by atoms with van der Waals surface area (Å²) in [6, 6.07) is 7.95. The molecule has 126 valence electrons. The Kier molecular flexibility index (Phi) is 4.64. The highest BCUT2D eigenvalue weighted by molar-refractivity contribution is 5.94. The lowest BCUT2D eigenvalue weighted by molar-refractivity contribution is -0.121. The third kappa shape index (κ3) is 3.48. The van der Waals surface area contributed by atoms with Crippen molar-refractivity contribution in [2.45, 2.75) is 19.8 Å². The van der Waals surface area contributed by atoms with Crippen LogP contribution in [0.5, 0.6) is 0 Å². The molecule has 2 aromatic rings. The molecule has 1 aliphatic rings. The van der Waals surface area contributed by atoms with E-state index in [0.29, 0.717) is 42.9 Å². The molecule has 3 rings (SSSR count). The van der Waals surface area contributed by atoms with E-state index in [2.05, 4.69) is 5.32 Å². The van der Waals surface area contributed by atoms with Gasteiger partial charge in [-0.1, -0.05) is 6.07 Å². The number of piperidine rings is 1. The first-order chi connectivity index (χ1) is 11.5. The molecule has 2 amide bonds. The Morgan fingerprint density at radius 1 is 1.25 bits per heavy atom. The fourth-order valence-electron chi connectivity index (χ4n) is 2.82. The van der Waals surface area contributed by atoms with Crippen molar-refractivity contribution >= 4 is 17.5 Å². The number of benzene rings is 1. The number of hydrogen-bond donors (Lipinski definition) is 1. The second kappa shape index (κ2) is 6.86. The summed E-state index contributed by atoms with van der Waals surface area (Å²) < 4.78 is 18.7. The number of aryl methyl sites for hydroxylation is 1. The predicted octanol–water partition coefficient (Wildman–Crippen LogP) is 3.22. The SMILES string of the molecule is Cc1ccc(NC(=O)C2CCN(C(=O)c3ccco3)CC2)cc1F. The van der Waals surface area contributed by atoms with Crippen molar-refractivity contribution in [3.8, 4) is 0 Å². The molecule has 1 fully saturated rings. The van der Waals surface area contributed by atoms with Gasteiger partial charge in [-0.05, 0) is 49.6 Å². The second-order valence-electron chi connectivity index (χ2n) is 6.00. The van der Waals surface area contributed by atoms with E-state index in [-0.39, 0.29) is 23.5 Å². The summed E-state index contributed by atoms with van der Waals surface area (Å²) in [4.78, 5) is 26.2. The number of anilines is 1. The molecule has 0 radical (unpaired) electrons. The molecule has 0 saturated carbocycles. The molecule has 2 heterocycles. The largest absolute Gasteiger partial charge is 0.459 e. The van der Waals surface area contributed by atoms with E-state index in [0.717, 1.165) is 0 Å². The van der Waals surface area contributed by atoms with Gasteiger partial charge in [0.25, 0.3) is 5.91 Å². The maximum Gasteiger partial charge on any atom is 0.289 e. The Morgan fingerprint density at radius 3 is 2.62 bits per heavy atom. The summed E-state index contributed by atoms with van der Waals surface area (Å²) >= 11 is 0. The van der Waals surface area contributed by atoms with Gasteiger partial charge in [-0.25, -0.2) is 4.39 Å². The second-order valence-corrected chi connectivity index (χ2v) is 6.00. The first-order valence-electron chi connectivity index (χ1n) is 7.94. The highest BCUT2D eigenvalue weighted by Crippen LogP contribution is 2.22. The number of halogens is 1. The third-order valence-corrected chi connectivity index (χ3v) is 4.32. The molecule has 0 bridgehead atoms. The highest BCUT2D eigenvalue weighted by atomic mass is 19.1. The molecule has 1 aliphatic heterocycles. The van der Waals surface area contributed by atoms with Crippen molar-refractivity contribution < 1.29 is 18.4 Å². The summed E-state index contributed by atoms with van der Waals surface area (Å²) in [6.07, 6.45) is 2.62. The number of nitrogens with one attached hydrogen (secondary N) is 1. The Morgan fingerprint density at radius 2 is 2.00 bits per heavy atom. The number of likely N-dealkylation sites (tertiary alicyclic amines) is 1. The lowest BCUT2D eigenvalue weighted by Crippen LogP contribution is -2.41. The molecule has 6 heteroatoms. The fourth-order valence-corrected chi connectivity index (χ4v) is 2.82. The first kappa shape index (κ1) is 16.2. The van der Waals surface area contributed by atoms with Gasteiger partial charge >= 0.3 is 0 Å². The van der Waals surface area contributed by atoms with Gasteiger partial charge in [-0.3, -0.25) is 9.59 Å². The average molecular weight is 330 g/mol. The molecular formula is C18H19FN2O3. The van der Waals surface area contributed by atoms with E-state index in [1.807, 2.05) is 0 Å². The Balaban J connectivity index is 1.55. The van der Waals surface area contributed by atoms with Crippen LogP contribution in [0.15, 0.2) is 41.0 Å². The molecular weight excluding hydrogens is 311 g/mol. The summed E-state index contributed by atoms with van der Waals surface area (Å²) in [6.45, 7) is 2.67. The van der Waals surface area contributed by atoms with Crippen LogP contribution in [0.2, 0.25) is 0 Å². The summed E-state index contributed by atoms with van der Waals surface area (Å²) in [5, 5.41) is 2.75. The molecule has 1 aromatic carbocycles. The van der Waals surface area contributed by atoms with Crippen LogP contribution < -0.4 is 5.32 Å². The van der Waals surface area contributed by atoms with Gasteiger partial charge < -0.3 is 14.6 Å². The van der Waals surface area contributed by atoms with Crippen LogP contribution in [0.1, 0.15) is 29.0 Å². The standard InChI is InChI=1S/C18H19FN2O3/c1-12-4-5-14(11-15(12)19)20-17(22)13-6-8-21(9-7-13)18(23)16-3-2-10-24-16/h2-5,10-11,13H,6-9H2,1H3,(H,20,22). The molecule has 1 aromatic heterocycles. The third-order valence-electron chi connectivity index (χ3n) is 4.32. The summed E-state index contributed by atoms with van der Waals surface area (Å²) in [5.74, 6) is -0.502. The number of carbonyl (C=O) groups excluding carboxylic acids is 2. The molecule has 0 atom stereocenters. The molecule has 1 N–H and O–H groups in total. The monoisotopic (exact) mass is 330 g/mol. The average Bonchev–Trinajstić information content (AvgIpc) is 3.12. The van der Waals surface area contributed by atoms with E-state index in [1.54, 1.807) is 36.1 Å². The minimum atomic E-state index is -0.341. The number of rotatable bonds is 3. The summed E-state index contributed by atoms with van der Waals surface area (Å²) in [5.41, 5.74) is 0.995. The van der Waals surface area contributed by atoms with Gasteiger partial charge in [0.05, 0.1) is 6.26 Å². The minimum absolute atomic E-state index is 0.136. The van der Waals surface area contributed by atoms with Crippen LogP contribution in [0.25, 0.3) is 0 Å². The molecule has 0 aliphatic carbocycles. The Bertz CT molecular complexity index is 735. The van der Waals surface area contributed by atoms with Gasteiger partial charge in [0, 0.05) is 24.7 Å². The number of furan rings is 1. The van der Waals surface area contributed by atoms with E-state index in [1.165, 1.54) is 12.3 Å². The zero-order chi connectivity index (χ0) is 17.1. The van der Waals surface area contributed by atoms with Crippen LogP contribution in [0, 0.1) is 18.7 Å². The van der Waals surface area contributed by atoms with Gasteiger partial charge in [-0.2, -0.15) is 0 Å². The highest BCUT2D eigenvalue weighted by Gasteiger charge is 2.28. The van der Waals surface area contributed by atoms with Gasteiger partial charge in [0.1, 0.15) is 5.82 Å². The van der Waals surface area contributed by atoms with Gasteiger partial charge in [0.2, 0.25) is 5.91 Å². The van der Waals surface area contributed by atoms with E-state index in [9.17, 15) is 14.0 Å². The number of nitrogens with zero attached hydrogens (tertiary/aromatic N) is 1. The summed E-state index contributed by atoms with van der Waals surface area (Å²) in [7, 11) is 0. The molecule has 24 heavy (non-hydrogen) atoms. The smallest absolute Gasteiger partial charge is 0.289 e. The van der Waals surface area contributed by atoms with Crippen molar-refractivity contribution in [2.24, 2.45) is 5.92 Å². The first-order valence-corrected chi connectivity index (χ1v) is 7.94. The van der Waals surface area contributed by atoms with Crippen molar-refractivity contribution in [3.05, 3.63) is 53.7 Å². The number of carbonyl (C=O) groups is 2. The topological polar surface area (TPSA) is 62.6 Å². The quantitative estimate of drug-likeness (QED) is 0.940. The van der Waals surface area contributed by atoms with Crippen molar-refractivity contribution in [1.29, 1.82) is 0 Å². The zero-order valence-electron chi connectivity index (χ0n) is 13.4. The Labute approximate surface area is 139 Å². The molecule has 0 spiro atoms. The van der Waals surface area contributed by atoms with Crippen LogP contribution in [0.3, 0.4) is 0 Å². The van der Waals surface area contributed by atoms with Gasteiger partial charge in [-0.15, -0.1) is 0 Å². The van der Waals surface area contributed by atoms with E-state index < -0.39 is 0 Å². The maximum absolute atomic E-state index is 13.5. The molecule has 0 unspecified atom stereocenters. The fraction of sp³-hybridized carbons (Fsp3) is 0.333. The van der Waals surface area contributed by atoms with Crippen molar-refractivity contribution in [1.82, 2.24) is 4.90 Å².